The minimum Gasteiger partial charge on any atom is -1.00 e. The fourth-order valence-electron chi connectivity index (χ4n) is 0. The summed E-state index contributed by atoms with van der Waals surface area (Å²) >= 11 is 0. The molecule has 0 atom stereocenters. The van der Waals surface area contributed by atoms with Crippen molar-refractivity contribution in [2.45, 2.75) is 0 Å². The molecule has 0 aromatic rings. The fourth-order valence-corrected chi connectivity index (χ4v) is 0. The second kappa shape index (κ2) is 14.4. The van der Waals surface area contributed by atoms with Crippen LogP contribution in [0.3, 0.4) is 0 Å². The molecule has 0 amide bonds. The van der Waals surface area contributed by atoms with E-state index in [-0.39, 0.29) is 136 Å². The normalized spacial score (nSPS) is 9.23. The van der Waals surface area contributed by atoms with Crippen LogP contribution in [0.15, 0.2) is 0 Å². The van der Waals surface area contributed by atoms with Crippen LogP contribution in [-0.4, -0.2) is 105 Å². The van der Waals surface area contributed by atoms with Crippen LogP contribution in [0.25, 0.3) is 0 Å². The third-order valence-electron chi connectivity index (χ3n) is 0. The molecule has 0 heterocycles. The molecule has 0 rings (SSSR count). The Kier molecular flexibility index (Phi) is 33.6. The van der Waals surface area contributed by atoms with Gasteiger partial charge in [0.25, 0.3) is 0 Å². The van der Waals surface area contributed by atoms with Crippen LogP contribution in [0, 0.1) is 0 Å². The van der Waals surface area contributed by atoms with Crippen LogP contribution in [0.1, 0.15) is 5.71 Å². The third kappa shape index (κ3) is 179. The van der Waals surface area contributed by atoms with Gasteiger partial charge >= 0.3 is 148 Å². The van der Waals surface area contributed by atoms with E-state index < -0.39 is 18.1 Å². The van der Waals surface area contributed by atoms with Crippen LogP contribution in [0.2, 0.25) is 0 Å². The quantitative estimate of drug-likeness (QED) is 0.188. The summed E-state index contributed by atoms with van der Waals surface area (Å²) in [5.74, 6) is 0. The van der Waals surface area contributed by atoms with Crippen LogP contribution in [0.5, 0.6) is 0 Å². The first-order valence-corrected chi connectivity index (χ1v) is 5.37. The van der Waals surface area contributed by atoms with E-state index in [1.165, 1.54) is 0 Å². The summed E-state index contributed by atoms with van der Waals surface area (Å²) in [7, 11) is -9.22. The van der Waals surface area contributed by atoms with E-state index in [1.54, 1.807) is 0 Å². The number of hydrogen-bond donors (Lipinski definition) is 8. The van der Waals surface area contributed by atoms with Crippen LogP contribution < -0.4 is 80.9 Å². The minimum atomic E-state index is -4.61. The molecule has 0 bridgehead atoms. The molecule has 0 aromatic carbocycles. The van der Waals surface area contributed by atoms with Gasteiger partial charge in [-0.1, -0.05) is 0 Å². The first-order valence-electron chi connectivity index (χ1n) is 1.79. The molecule has 0 saturated carbocycles. The van der Waals surface area contributed by atoms with Gasteiger partial charge in [0, 0.05) is 0 Å². The van der Waals surface area contributed by atoms with Crippen molar-refractivity contribution in [1.82, 2.24) is 0 Å². The van der Waals surface area contributed by atoms with Crippen LogP contribution in [-0.2, 0) is 0 Å². The topological polar surface area (TPSA) is 162 Å². The Morgan fingerprint density at radius 2 is 0.615 bits per heavy atom. The van der Waals surface area contributed by atoms with Gasteiger partial charge in [0.05, 0.1) is 0 Å². The van der Waals surface area contributed by atoms with Gasteiger partial charge in [-0.25, -0.2) is 0 Å². The van der Waals surface area contributed by atoms with E-state index >= 15 is 0 Å². The molecular formula is H12BaKNaO8Si2. The molecule has 0 aliphatic rings. The van der Waals surface area contributed by atoms with Gasteiger partial charge in [-0.2, -0.15) is 0 Å². The standard InChI is InChI=1S/Ba.K.Na.2H4O4Si.4H/c;;;2*1-5(2,3)4;;;;/h;;;2*1-4H;;;;/q+2;2*+1;;;4*-1. The van der Waals surface area contributed by atoms with E-state index in [4.69, 9.17) is 38.4 Å². The summed E-state index contributed by atoms with van der Waals surface area (Å²) in [6.07, 6.45) is 0. The molecule has 0 fully saturated rings. The third-order valence-corrected chi connectivity index (χ3v) is 0. The molecule has 72 valence electrons. The molecule has 0 radical (unpaired) electrons. The summed E-state index contributed by atoms with van der Waals surface area (Å²) in [5, 5.41) is 0. The Balaban J connectivity index is -0.00000000762. The van der Waals surface area contributed by atoms with Gasteiger partial charge in [0.2, 0.25) is 0 Å². The Hall–Kier alpha value is 4.32. The second-order valence-electron chi connectivity index (χ2n) is 1.20. The van der Waals surface area contributed by atoms with E-state index in [9.17, 15) is 0 Å². The maximum atomic E-state index is 7.33. The molecule has 0 saturated heterocycles. The number of hydrogen-bond acceptors (Lipinski definition) is 8. The Labute approximate surface area is 187 Å². The zero-order chi connectivity index (χ0) is 9.00. The second-order valence-corrected chi connectivity index (χ2v) is 3.60. The molecule has 13 heavy (non-hydrogen) atoms. The Morgan fingerprint density at radius 3 is 0.615 bits per heavy atom. The summed E-state index contributed by atoms with van der Waals surface area (Å²) in [5.41, 5.74) is 0. The average molecular weight is 396 g/mol. The SMILES string of the molecule is O[Si](O)(O)O.O[Si](O)(O)O.[Ba+2].[H-].[H-].[H-].[H-].[K+].[Na+]. The molecule has 13 heteroatoms. The first kappa shape index (κ1) is 30.4. The van der Waals surface area contributed by atoms with Crippen molar-refractivity contribution >= 4 is 67.0 Å². The van der Waals surface area contributed by atoms with Crippen molar-refractivity contribution in [1.29, 1.82) is 0 Å². The van der Waals surface area contributed by atoms with Gasteiger partial charge in [-0.3, -0.25) is 0 Å². The smallest absolute Gasteiger partial charge is 1.00 e. The van der Waals surface area contributed by atoms with E-state index in [2.05, 4.69) is 0 Å². The van der Waals surface area contributed by atoms with Gasteiger partial charge in [-0.05, 0) is 0 Å². The molecule has 0 aromatic heterocycles. The van der Waals surface area contributed by atoms with E-state index in [0.717, 1.165) is 0 Å². The van der Waals surface area contributed by atoms with Crippen molar-refractivity contribution in [3.8, 4) is 0 Å². The van der Waals surface area contributed by atoms with Crippen LogP contribution in [0.4, 0.5) is 0 Å². The Morgan fingerprint density at radius 1 is 0.615 bits per heavy atom. The summed E-state index contributed by atoms with van der Waals surface area (Å²) < 4.78 is 0. The van der Waals surface area contributed by atoms with Crippen molar-refractivity contribution in [3.05, 3.63) is 0 Å². The predicted octanol–water partition coefficient (Wildman–Crippen LogP) is -11.1. The van der Waals surface area contributed by atoms with Gasteiger partial charge in [-0.15, -0.1) is 0 Å². The van der Waals surface area contributed by atoms with Crippen molar-refractivity contribution in [2.24, 2.45) is 0 Å². The van der Waals surface area contributed by atoms with Crippen LogP contribution >= 0.6 is 0 Å². The van der Waals surface area contributed by atoms with Crippen molar-refractivity contribution in [3.63, 3.8) is 0 Å². The minimum absolute atomic E-state index is 0. The molecular weight excluding hydrogens is 384 g/mol. The molecule has 8 nitrogen and oxygen atoms in total. The zero-order valence-corrected chi connectivity index (χ0v) is 18.8. The predicted molar refractivity (Wildman–Crippen MR) is 39.5 cm³/mol. The summed E-state index contributed by atoms with van der Waals surface area (Å²) in [6.45, 7) is 0. The monoisotopic (exact) mass is 396 g/mol. The maximum Gasteiger partial charge on any atom is 2.00 e. The number of rotatable bonds is 0. The molecule has 0 aliphatic heterocycles. The molecule has 8 N–H and O–H groups in total. The largest absolute Gasteiger partial charge is 2.00 e. The molecule has 0 spiro atoms. The average Bonchev–Trinajstić information content (AvgIpc) is 1.12. The maximum absolute atomic E-state index is 7.33. The summed E-state index contributed by atoms with van der Waals surface area (Å²) in [4.78, 5) is 58.6. The van der Waals surface area contributed by atoms with E-state index in [1.807, 2.05) is 0 Å². The Bertz CT molecular complexity index is 78.5. The zero-order valence-electron chi connectivity index (χ0n) is 11.3. The molecule has 0 aliphatic carbocycles. The fraction of sp³-hybridized carbons (Fsp3) is 0. The summed E-state index contributed by atoms with van der Waals surface area (Å²) in [6, 6.07) is 0. The van der Waals surface area contributed by atoms with Crippen molar-refractivity contribution < 1.29 is 125 Å². The van der Waals surface area contributed by atoms with Gasteiger partial charge in [0.1, 0.15) is 0 Å². The molecule has 0 unspecified atom stereocenters. The van der Waals surface area contributed by atoms with E-state index in [0.29, 0.717) is 0 Å². The van der Waals surface area contributed by atoms with Crippen molar-refractivity contribution in [2.75, 3.05) is 0 Å². The van der Waals surface area contributed by atoms with Gasteiger partial charge < -0.3 is 44.1 Å². The first-order chi connectivity index (χ1) is 4.00. The van der Waals surface area contributed by atoms with Gasteiger partial charge in [0.15, 0.2) is 0 Å².